The zero-order valence-electron chi connectivity index (χ0n) is 12.4. The van der Waals surface area contributed by atoms with Crippen LogP contribution in [-0.2, 0) is 0 Å². The topological polar surface area (TPSA) is 41.1 Å². The zero-order valence-corrected chi connectivity index (χ0v) is 14.0. The summed E-state index contributed by atoms with van der Waals surface area (Å²) in [5.74, 6) is 2.35. The van der Waals surface area contributed by atoms with Gasteiger partial charge >= 0.3 is 0 Å². The maximum atomic E-state index is 4.63. The minimum atomic E-state index is 0.661. The van der Waals surface area contributed by atoms with Crippen molar-refractivity contribution in [3.8, 4) is 0 Å². The Bertz CT molecular complexity index is 384. The molecule has 0 bridgehead atoms. The standard InChI is InChI=1S/C14H25BrN4/c1-5-8-16-14-17-9-12(15)13(18-14)19(7-3)10-11(4)6-2/h9,11H,5-8,10H2,1-4H3,(H,16,17,18). The molecule has 0 aromatic carbocycles. The summed E-state index contributed by atoms with van der Waals surface area (Å²) in [4.78, 5) is 11.2. The molecular weight excluding hydrogens is 304 g/mol. The molecule has 1 aromatic heterocycles. The summed E-state index contributed by atoms with van der Waals surface area (Å²) in [6.45, 7) is 11.7. The minimum absolute atomic E-state index is 0.661. The van der Waals surface area contributed by atoms with E-state index in [1.165, 1.54) is 6.42 Å². The van der Waals surface area contributed by atoms with Crippen molar-refractivity contribution in [2.24, 2.45) is 5.92 Å². The molecule has 0 radical (unpaired) electrons. The second kappa shape index (κ2) is 8.35. The largest absolute Gasteiger partial charge is 0.356 e. The molecule has 0 aliphatic rings. The number of aromatic nitrogens is 2. The summed E-state index contributed by atoms with van der Waals surface area (Å²) < 4.78 is 0.958. The van der Waals surface area contributed by atoms with E-state index in [4.69, 9.17) is 0 Å². The van der Waals surface area contributed by atoms with E-state index in [0.29, 0.717) is 11.9 Å². The van der Waals surface area contributed by atoms with Crippen molar-refractivity contribution >= 4 is 27.7 Å². The smallest absolute Gasteiger partial charge is 0.224 e. The van der Waals surface area contributed by atoms with E-state index >= 15 is 0 Å². The maximum absolute atomic E-state index is 4.63. The zero-order chi connectivity index (χ0) is 14.3. The molecule has 0 saturated carbocycles. The number of hydrogen-bond donors (Lipinski definition) is 1. The van der Waals surface area contributed by atoms with Gasteiger partial charge in [0.1, 0.15) is 5.82 Å². The van der Waals surface area contributed by atoms with Crippen LogP contribution >= 0.6 is 15.9 Å². The predicted octanol–water partition coefficient (Wildman–Crippen LogP) is 3.93. The van der Waals surface area contributed by atoms with Gasteiger partial charge in [-0.1, -0.05) is 27.2 Å². The molecule has 0 spiro atoms. The molecule has 1 rings (SSSR count). The van der Waals surface area contributed by atoms with Crippen molar-refractivity contribution in [3.05, 3.63) is 10.7 Å². The van der Waals surface area contributed by atoms with Crippen LogP contribution < -0.4 is 10.2 Å². The van der Waals surface area contributed by atoms with Gasteiger partial charge < -0.3 is 10.2 Å². The summed E-state index contributed by atoms with van der Waals surface area (Å²) in [5.41, 5.74) is 0. The summed E-state index contributed by atoms with van der Waals surface area (Å²) in [5, 5.41) is 3.24. The Morgan fingerprint density at radius 3 is 2.68 bits per heavy atom. The summed E-state index contributed by atoms with van der Waals surface area (Å²) >= 11 is 3.56. The number of halogens is 1. The molecule has 1 heterocycles. The normalized spacial score (nSPS) is 12.3. The molecule has 0 saturated heterocycles. The van der Waals surface area contributed by atoms with Gasteiger partial charge in [-0.15, -0.1) is 0 Å². The lowest BCUT2D eigenvalue weighted by atomic mass is 10.1. The van der Waals surface area contributed by atoms with E-state index in [9.17, 15) is 0 Å². The highest BCUT2D eigenvalue weighted by molar-refractivity contribution is 9.10. The molecular formula is C14H25BrN4. The monoisotopic (exact) mass is 328 g/mol. The fourth-order valence-electron chi connectivity index (χ4n) is 1.77. The van der Waals surface area contributed by atoms with Crippen LogP contribution in [0.1, 0.15) is 40.5 Å². The van der Waals surface area contributed by atoms with Gasteiger partial charge in [-0.2, -0.15) is 4.98 Å². The van der Waals surface area contributed by atoms with Crippen molar-refractivity contribution in [3.63, 3.8) is 0 Å². The third-order valence-electron chi connectivity index (χ3n) is 3.17. The fraction of sp³-hybridized carbons (Fsp3) is 0.714. The third-order valence-corrected chi connectivity index (χ3v) is 3.73. The maximum Gasteiger partial charge on any atom is 0.224 e. The van der Waals surface area contributed by atoms with Gasteiger partial charge in [-0.3, -0.25) is 0 Å². The molecule has 5 heteroatoms. The van der Waals surface area contributed by atoms with Gasteiger partial charge in [0.2, 0.25) is 5.95 Å². The molecule has 1 unspecified atom stereocenters. The first-order chi connectivity index (χ1) is 9.12. The van der Waals surface area contributed by atoms with Gasteiger partial charge in [0.15, 0.2) is 0 Å². The SMILES string of the molecule is CCCNc1ncc(Br)c(N(CC)CC(C)CC)n1. The Morgan fingerprint density at radius 2 is 2.11 bits per heavy atom. The van der Waals surface area contributed by atoms with Crippen LogP contribution in [0.5, 0.6) is 0 Å². The number of rotatable bonds is 8. The molecule has 108 valence electrons. The third kappa shape index (κ3) is 4.97. The van der Waals surface area contributed by atoms with Gasteiger partial charge in [-0.05, 0) is 35.2 Å². The summed E-state index contributed by atoms with van der Waals surface area (Å²) in [7, 11) is 0. The summed E-state index contributed by atoms with van der Waals surface area (Å²) in [6.07, 6.45) is 4.08. The van der Waals surface area contributed by atoms with Crippen molar-refractivity contribution in [1.82, 2.24) is 9.97 Å². The van der Waals surface area contributed by atoms with Crippen LogP contribution in [-0.4, -0.2) is 29.6 Å². The molecule has 1 aromatic rings. The second-order valence-corrected chi connectivity index (χ2v) is 5.70. The number of nitrogens with one attached hydrogen (secondary N) is 1. The van der Waals surface area contributed by atoms with Gasteiger partial charge in [0.25, 0.3) is 0 Å². The minimum Gasteiger partial charge on any atom is -0.356 e. The van der Waals surface area contributed by atoms with Crippen LogP contribution in [0, 0.1) is 5.92 Å². The first kappa shape index (κ1) is 16.2. The Balaban J connectivity index is 2.88. The van der Waals surface area contributed by atoms with Crippen LogP contribution in [0.3, 0.4) is 0 Å². The Kier molecular flexibility index (Phi) is 7.13. The van der Waals surface area contributed by atoms with Gasteiger partial charge in [-0.25, -0.2) is 4.98 Å². The highest BCUT2D eigenvalue weighted by atomic mass is 79.9. The van der Waals surface area contributed by atoms with Gasteiger partial charge in [0.05, 0.1) is 4.47 Å². The number of hydrogen-bond acceptors (Lipinski definition) is 4. The van der Waals surface area contributed by atoms with Crippen LogP contribution in [0.25, 0.3) is 0 Å². The second-order valence-electron chi connectivity index (χ2n) is 4.84. The molecule has 19 heavy (non-hydrogen) atoms. The van der Waals surface area contributed by atoms with Crippen molar-refractivity contribution in [2.45, 2.75) is 40.5 Å². The lowest BCUT2D eigenvalue weighted by Gasteiger charge is -2.26. The first-order valence-electron chi connectivity index (χ1n) is 7.13. The van der Waals surface area contributed by atoms with E-state index < -0.39 is 0 Å². The van der Waals surface area contributed by atoms with Crippen molar-refractivity contribution in [1.29, 1.82) is 0 Å². The average Bonchev–Trinajstić information content (AvgIpc) is 2.43. The quantitative estimate of drug-likeness (QED) is 0.784. The predicted molar refractivity (Wildman–Crippen MR) is 85.9 cm³/mol. The van der Waals surface area contributed by atoms with Gasteiger partial charge in [0, 0.05) is 25.8 Å². The lowest BCUT2D eigenvalue weighted by molar-refractivity contribution is 0.545. The molecule has 0 fully saturated rings. The van der Waals surface area contributed by atoms with Crippen LogP contribution in [0.4, 0.5) is 11.8 Å². The van der Waals surface area contributed by atoms with E-state index in [2.05, 4.69) is 63.8 Å². The molecule has 0 aliphatic carbocycles. The fourth-order valence-corrected chi connectivity index (χ4v) is 2.21. The molecule has 1 N–H and O–H groups in total. The first-order valence-corrected chi connectivity index (χ1v) is 7.92. The van der Waals surface area contributed by atoms with Crippen LogP contribution in [0.15, 0.2) is 10.7 Å². The Labute approximate surface area is 125 Å². The Morgan fingerprint density at radius 1 is 1.37 bits per heavy atom. The van der Waals surface area contributed by atoms with E-state index in [0.717, 1.165) is 36.3 Å². The average molecular weight is 329 g/mol. The summed E-state index contributed by atoms with van der Waals surface area (Å²) in [6, 6.07) is 0. The van der Waals surface area contributed by atoms with E-state index in [1.54, 1.807) is 0 Å². The Hall–Kier alpha value is -0.840. The molecule has 0 amide bonds. The molecule has 0 aliphatic heterocycles. The lowest BCUT2D eigenvalue weighted by Crippen LogP contribution is -2.29. The van der Waals surface area contributed by atoms with E-state index in [1.807, 2.05) is 6.20 Å². The molecule has 4 nitrogen and oxygen atoms in total. The number of anilines is 2. The van der Waals surface area contributed by atoms with E-state index in [-0.39, 0.29) is 0 Å². The van der Waals surface area contributed by atoms with Crippen molar-refractivity contribution in [2.75, 3.05) is 29.9 Å². The highest BCUT2D eigenvalue weighted by Crippen LogP contribution is 2.25. The highest BCUT2D eigenvalue weighted by Gasteiger charge is 2.14. The van der Waals surface area contributed by atoms with Crippen molar-refractivity contribution < 1.29 is 0 Å². The molecule has 1 atom stereocenters. The number of nitrogens with zero attached hydrogens (tertiary/aromatic N) is 3. The van der Waals surface area contributed by atoms with Crippen LogP contribution in [0.2, 0.25) is 0 Å².